The smallest absolute Gasteiger partial charge is 0.268 e. The van der Waals surface area contributed by atoms with Crippen molar-refractivity contribution in [3.63, 3.8) is 0 Å². The van der Waals surface area contributed by atoms with Crippen molar-refractivity contribution < 1.29 is 4.79 Å². The van der Waals surface area contributed by atoms with Crippen LogP contribution in [0.25, 0.3) is 0 Å². The molecule has 0 aromatic carbocycles. The molecule has 0 saturated heterocycles. The number of aryl methyl sites for hydroxylation is 1. The van der Waals surface area contributed by atoms with Crippen molar-refractivity contribution in [2.45, 2.75) is 13.0 Å². The van der Waals surface area contributed by atoms with E-state index in [2.05, 4.69) is 41.9 Å². The highest BCUT2D eigenvalue weighted by atomic mass is 79.9. The summed E-state index contributed by atoms with van der Waals surface area (Å²) >= 11 is 3.32. The van der Waals surface area contributed by atoms with E-state index < -0.39 is 0 Å². The molecule has 0 aliphatic rings. The Balaban J connectivity index is 2.09. The van der Waals surface area contributed by atoms with E-state index in [1.54, 1.807) is 24.6 Å². The lowest BCUT2D eigenvalue weighted by atomic mass is 10.3. The lowest BCUT2D eigenvalue weighted by Crippen LogP contribution is -2.28. The third kappa shape index (κ3) is 2.52. The standard InChI is InChI=1S/C9H11BrN6O/c1-5(8-12-14-15-13-8)11-9(17)7-3-6(10)4-16(7)2/h3-5H,1-2H3,(H,11,17)(H,12,13,14,15). The molecular weight excluding hydrogens is 288 g/mol. The van der Waals surface area contributed by atoms with Crippen molar-refractivity contribution in [3.8, 4) is 0 Å². The van der Waals surface area contributed by atoms with Crippen LogP contribution >= 0.6 is 15.9 Å². The van der Waals surface area contributed by atoms with Gasteiger partial charge in [0.05, 0.1) is 6.04 Å². The number of tetrazole rings is 1. The van der Waals surface area contributed by atoms with Gasteiger partial charge >= 0.3 is 0 Å². The quantitative estimate of drug-likeness (QED) is 0.877. The number of halogens is 1. The number of rotatable bonds is 3. The van der Waals surface area contributed by atoms with Crippen molar-refractivity contribution in [2.75, 3.05) is 0 Å². The fraction of sp³-hybridized carbons (Fsp3) is 0.333. The Hall–Kier alpha value is -1.70. The van der Waals surface area contributed by atoms with E-state index in [0.717, 1.165) is 4.47 Å². The zero-order valence-electron chi connectivity index (χ0n) is 9.31. The fourth-order valence-corrected chi connectivity index (χ4v) is 1.96. The second-order valence-corrected chi connectivity index (χ2v) is 4.54. The summed E-state index contributed by atoms with van der Waals surface area (Å²) in [7, 11) is 1.80. The number of nitrogens with one attached hydrogen (secondary N) is 2. The molecule has 2 aromatic rings. The van der Waals surface area contributed by atoms with E-state index in [1.807, 2.05) is 6.20 Å². The Morgan fingerprint density at radius 3 is 2.94 bits per heavy atom. The van der Waals surface area contributed by atoms with Gasteiger partial charge in [0.15, 0.2) is 5.82 Å². The van der Waals surface area contributed by atoms with Crippen molar-refractivity contribution in [1.82, 2.24) is 30.5 Å². The van der Waals surface area contributed by atoms with E-state index >= 15 is 0 Å². The van der Waals surface area contributed by atoms with E-state index in [9.17, 15) is 4.79 Å². The molecule has 7 nitrogen and oxygen atoms in total. The summed E-state index contributed by atoms with van der Waals surface area (Å²) in [5.74, 6) is 0.266. The Morgan fingerprint density at radius 2 is 2.41 bits per heavy atom. The minimum absolute atomic E-state index is 0.185. The van der Waals surface area contributed by atoms with Gasteiger partial charge in [0, 0.05) is 17.7 Å². The molecule has 2 N–H and O–H groups in total. The predicted octanol–water partition coefficient (Wildman–Crippen LogP) is 0.792. The maximum absolute atomic E-state index is 11.9. The van der Waals surface area contributed by atoms with Crippen LogP contribution in [0.3, 0.4) is 0 Å². The van der Waals surface area contributed by atoms with Crippen LogP contribution in [0.4, 0.5) is 0 Å². The number of carbonyl (C=O) groups excluding carboxylic acids is 1. The minimum atomic E-state index is -0.296. The van der Waals surface area contributed by atoms with E-state index in [4.69, 9.17) is 0 Å². The Bertz CT molecular complexity index is 520. The number of hydrogen-bond acceptors (Lipinski definition) is 4. The zero-order valence-corrected chi connectivity index (χ0v) is 10.9. The fourth-order valence-electron chi connectivity index (χ4n) is 1.44. The van der Waals surface area contributed by atoms with Crippen LogP contribution in [-0.2, 0) is 7.05 Å². The Kier molecular flexibility index (Phi) is 3.23. The molecule has 2 rings (SSSR count). The van der Waals surface area contributed by atoms with Gasteiger partial charge < -0.3 is 9.88 Å². The molecule has 0 saturated carbocycles. The van der Waals surface area contributed by atoms with Gasteiger partial charge in [0.2, 0.25) is 0 Å². The van der Waals surface area contributed by atoms with Gasteiger partial charge in [0.25, 0.3) is 5.91 Å². The van der Waals surface area contributed by atoms with E-state index in [1.165, 1.54) is 0 Å². The van der Waals surface area contributed by atoms with Crippen LogP contribution in [0, 0.1) is 0 Å². The van der Waals surface area contributed by atoms with Crippen LogP contribution < -0.4 is 5.32 Å². The third-order valence-corrected chi connectivity index (χ3v) is 2.73. The van der Waals surface area contributed by atoms with Crippen LogP contribution in [0.1, 0.15) is 29.3 Å². The summed E-state index contributed by atoms with van der Waals surface area (Å²) in [6, 6.07) is 1.45. The van der Waals surface area contributed by atoms with Gasteiger partial charge in [-0.2, -0.15) is 5.21 Å². The van der Waals surface area contributed by atoms with Crippen LogP contribution in [0.15, 0.2) is 16.7 Å². The van der Waals surface area contributed by atoms with Crippen molar-refractivity contribution in [1.29, 1.82) is 0 Å². The lowest BCUT2D eigenvalue weighted by Gasteiger charge is -2.10. The molecule has 0 aliphatic carbocycles. The number of H-pyrrole nitrogens is 1. The second kappa shape index (κ2) is 4.66. The van der Waals surface area contributed by atoms with Gasteiger partial charge in [-0.05, 0) is 28.9 Å². The Morgan fingerprint density at radius 1 is 1.65 bits per heavy atom. The molecule has 8 heteroatoms. The molecule has 0 spiro atoms. The molecule has 2 aromatic heterocycles. The molecule has 2 heterocycles. The summed E-state index contributed by atoms with van der Waals surface area (Å²) in [6.45, 7) is 1.79. The highest BCUT2D eigenvalue weighted by Gasteiger charge is 2.17. The average Bonchev–Trinajstić information content (AvgIpc) is 2.87. The second-order valence-electron chi connectivity index (χ2n) is 3.62. The monoisotopic (exact) mass is 298 g/mol. The van der Waals surface area contributed by atoms with Crippen LogP contribution in [0.5, 0.6) is 0 Å². The topological polar surface area (TPSA) is 88.5 Å². The highest BCUT2D eigenvalue weighted by Crippen LogP contribution is 2.14. The molecule has 1 unspecified atom stereocenters. The first-order chi connectivity index (χ1) is 8.08. The number of hydrogen-bond donors (Lipinski definition) is 2. The first-order valence-electron chi connectivity index (χ1n) is 4.94. The minimum Gasteiger partial charge on any atom is -0.345 e. The molecular formula is C9H11BrN6O. The SMILES string of the molecule is CC(NC(=O)c1cc(Br)cn1C)c1nn[nH]n1. The third-order valence-electron chi connectivity index (χ3n) is 2.30. The summed E-state index contributed by atoms with van der Waals surface area (Å²) < 4.78 is 2.60. The number of aromatic nitrogens is 5. The highest BCUT2D eigenvalue weighted by molar-refractivity contribution is 9.10. The molecule has 90 valence electrons. The summed E-state index contributed by atoms with van der Waals surface area (Å²) in [5, 5.41) is 16.2. The average molecular weight is 299 g/mol. The molecule has 0 radical (unpaired) electrons. The van der Waals surface area contributed by atoms with Crippen molar-refractivity contribution in [3.05, 3.63) is 28.3 Å². The molecule has 1 amide bonds. The molecule has 17 heavy (non-hydrogen) atoms. The number of carbonyl (C=O) groups is 1. The van der Waals surface area contributed by atoms with Gasteiger partial charge in [-0.15, -0.1) is 10.2 Å². The molecule has 0 fully saturated rings. The molecule has 0 bridgehead atoms. The molecule has 1 atom stereocenters. The van der Waals surface area contributed by atoms with Gasteiger partial charge in [0.1, 0.15) is 5.69 Å². The maximum Gasteiger partial charge on any atom is 0.268 e. The van der Waals surface area contributed by atoms with Gasteiger partial charge in [-0.3, -0.25) is 4.79 Å². The normalized spacial score (nSPS) is 12.4. The summed E-state index contributed by atoms with van der Waals surface area (Å²) in [5.41, 5.74) is 0.562. The summed E-state index contributed by atoms with van der Waals surface area (Å²) in [4.78, 5) is 11.9. The number of nitrogens with zero attached hydrogens (tertiary/aromatic N) is 4. The zero-order chi connectivity index (χ0) is 12.4. The number of aromatic amines is 1. The van der Waals surface area contributed by atoms with E-state index in [-0.39, 0.29) is 11.9 Å². The maximum atomic E-state index is 11.9. The first-order valence-corrected chi connectivity index (χ1v) is 5.73. The van der Waals surface area contributed by atoms with Crippen molar-refractivity contribution in [2.24, 2.45) is 7.05 Å². The number of amides is 1. The Labute approximate surface area is 106 Å². The van der Waals surface area contributed by atoms with Crippen LogP contribution in [-0.4, -0.2) is 31.1 Å². The van der Waals surface area contributed by atoms with Gasteiger partial charge in [-0.1, -0.05) is 5.21 Å². The van der Waals surface area contributed by atoms with Gasteiger partial charge in [-0.25, -0.2) is 0 Å². The van der Waals surface area contributed by atoms with E-state index in [0.29, 0.717) is 11.5 Å². The largest absolute Gasteiger partial charge is 0.345 e. The van der Waals surface area contributed by atoms with Crippen LogP contribution in [0.2, 0.25) is 0 Å². The predicted molar refractivity (Wildman–Crippen MR) is 63.2 cm³/mol. The molecule has 0 aliphatic heterocycles. The van der Waals surface area contributed by atoms with Crippen molar-refractivity contribution >= 4 is 21.8 Å². The lowest BCUT2D eigenvalue weighted by molar-refractivity contribution is 0.0930. The summed E-state index contributed by atoms with van der Waals surface area (Å²) in [6.07, 6.45) is 1.81. The first kappa shape index (κ1) is 11.8.